The van der Waals surface area contributed by atoms with Gasteiger partial charge in [0, 0.05) is 10.8 Å². The molecule has 9 nitrogen and oxygen atoms in total. The Morgan fingerprint density at radius 3 is 1.56 bits per heavy atom. The van der Waals surface area contributed by atoms with Crippen molar-refractivity contribution in [1.82, 2.24) is 0 Å². The highest BCUT2D eigenvalue weighted by Gasteiger charge is 2.19. The van der Waals surface area contributed by atoms with E-state index >= 15 is 0 Å². The van der Waals surface area contributed by atoms with Crippen LogP contribution in [0.15, 0.2) is 46.2 Å². The highest BCUT2D eigenvalue weighted by Crippen LogP contribution is 2.27. The van der Waals surface area contributed by atoms with E-state index in [9.17, 15) is 21.6 Å². The largest absolute Gasteiger partial charge is 0.480 e. The van der Waals surface area contributed by atoms with Crippen LogP contribution < -0.4 is 5.73 Å². The number of carbonyl (C=O) groups is 1. The van der Waals surface area contributed by atoms with E-state index < -0.39 is 42.0 Å². The number of carboxylic acids is 1. The topological polar surface area (TPSA) is 172 Å². The van der Waals surface area contributed by atoms with Gasteiger partial charge in [-0.3, -0.25) is 13.9 Å². The summed E-state index contributed by atoms with van der Waals surface area (Å²) in [6.07, 6.45) is 0.813. The van der Waals surface area contributed by atoms with Crippen molar-refractivity contribution >= 4 is 37.0 Å². The molecule has 0 aliphatic carbocycles. The van der Waals surface area contributed by atoms with Gasteiger partial charge in [0.2, 0.25) is 0 Å². The maximum atomic E-state index is 11.2. The molecular weight excluding hydrogens is 398 g/mol. The molecule has 0 unspecified atom stereocenters. The molecule has 2 aromatic carbocycles. The zero-order valence-electron chi connectivity index (χ0n) is 14.6. The molecule has 0 amide bonds. The Bertz CT molecular complexity index is 960. The molecule has 11 heteroatoms. The third-order valence-electron chi connectivity index (χ3n) is 3.94. The van der Waals surface area contributed by atoms with Gasteiger partial charge in [0.05, 0.1) is 0 Å². The second-order valence-electron chi connectivity index (χ2n) is 5.81. The van der Waals surface area contributed by atoms with Crippen molar-refractivity contribution in [3.63, 3.8) is 0 Å². The van der Waals surface area contributed by atoms with Crippen LogP contribution >= 0.6 is 0 Å². The van der Waals surface area contributed by atoms with E-state index in [4.69, 9.17) is 19.9 Å². The Morgan fingerprint density at radius 1 is 0.963 bits per heavy atom. The van der Waals surface area contributed by atoms with Crippen LogP contribution in [0.5, 0.6) is 0 Å². The number of hydrogen-bond acceptors (Lipinski definition) is 6. The molecule has 0 aliphatic rings. The summed E-state index contributed by atoms with van der Waals surface area (Å²) in [6, 6.07) is 6.83. The van der Waals surface area contributed by atoms with E-state index in [1.165, 1.54) is 24.3 Å². The number of aliphatic carboxylic acids is 1. The van der Waals surface area contributed by atoms with Crippen LogP contribution in [0.2, 0.25) is 0 Å². The number of carboxylic acid groups (broad SMARTS) is 1. The summed E-state index contributed by atoms with van der Waals surface area (Å²) < 4.78 is 62.7. The first-order valence-corrected chi connectivity index (χ1v) is 10.6. The fourth-order valence-electron chi connectivity index (χ4n) is 2.20. The number of hydrogen-bond donors (Lipinski definition) is 4. The molecule has 0 radical (unpaired) electrons. The standard InChI is InChI=1S/C10H8O6S2.C6H13NO2/c11-17(12,13)9-5-1-3-7-8(9)4-2-6-10(7)18(14,15)16;1-3-4(2)5(7)6(8)9/h1-6H,(H,11,12,13)(H,14,15,16);4-5H,3,7H2,1-2H3,(H,8,9)/t;4-,5-/m.0/s1. The molecule has 5 N–H and O–H groups in total. The van der Waals surface area contributed by atoms with E-state index in [0.29, 0.717) is 0 Å². The van der Waals surface area contributed by atoms with Crippen molar-refractivity contribution in [3.05, 3.63) is 36.4 Å². The molecule has 0 bridgehead atoms. The van der Waals surface area contributed by atoms with Gasteiger partial charge in [0.25, 0.3) is 20.2 Å². The molecule has 2 rings (SSSR count). The van der Waals surface area contributed by atoms with Gasteiger partial charge in [-0.2, -0.15) is 16.8 Å². The number of nitrogens with two attached hydrogens (primary N) is 1. The van der Waals surface area contributed by atoms with Crippen LogP contribution in [0.25, 0.3) is 10.8 Å². The fourth-order valence-corrected chi connectivity index (χ4v) is 3.61. The van der Waals surface area contributed by atoms with Crippen molar-refractivity contribution < 1.29 is 35.8 Å². The quantitative estimate of drug-likeness (QED) is 0.527. The molecule has 0 aromatic heterocycles. The van der Waals surface area contributed by atoms with Gasteiger partial charge in [-0.05, 0) is 18.1 Å². The molecule has 0 fully saturated rings. The predicted octanol–water partition coefficient (Wildman–Crippen LogP) is 1.78. The molecule has 0 aliphatic heterocycles. The van der Waals surface area contributed by atoms with Crippen molar-refractivity contribution in [2.45, 2.75) is 36.1 Å². The lowest BCUT2D eigenvalue weighted by Crippen LogP contribution is -2.36. The highest BCUT2D eigenvalue weighted by atomic mass is 32.2. The average molecular weight is 419 g/mol. The molecule has 0 spiro atoms. The lowest BCUT2D eigenvalue weighted by molar-refractivity contribution is -0.139. The molecule has 27 heavy (non-hydrogen) atoms. The fraction of sp³-hybridized carbons (Fsp3) is 0.312. The summed E-state index contributed by atoms with van der Waals surface area (Å²) in [6.45, 7) is 3.76. The highest BCUT2D eigenvalue weighted by molar-refractivity contribution is 7.86. The van der Waals surface area contributed by atoms with Crippen molar-refractivity contribution in [3.8, 4) is 0 Å². The summed E-state index contributed by atoms with van der Waals surface area (Å²) >= 11 is 0. The summed E-state index contributed by atoms with van der Waals surface area (Å²) in [5.41, 5.74) is 5.27. The van der Waals surface area contributed by atoms with E-state index in [1.54, 1.807) is 0 Å². The second-order valence-corrected chi connectivity index (χ2v) is 8.59. The number of rotatable bonds is 5. The third kappa shape index (κ3) is 5.97. The number of benzene rings is 2. The van der Waals surface area contributed by atoms with Crippen LogP contribution in [0.4, 0.5) is 0 Å². The Hall–Kier alpha value is -2.05. The summed E-state index contributed by atoms with van der Waals surface area (Å²) in [5.74, 6) is -0.841. The van der Waals surface area contributed by atoms with Gasteiger partial charge >= 0.3 is 5.97 Å². The average Bonchev–Trinajstić information content (AvgIpc) is 2.58. The Morgan fingerprint density at radius 2 is 1.33 bits per heavy atom. The van der Waals surface area contributed by atoms with Crippen LogP contribution in [0.1, 0.15) is 20.3 Å². The van der Waals surface area contributed by atoms with Gasteiger partial charge < -0.3 is 10.8 Å². The van der Waals surface area contributed by atoms with Crippen molar-refractivity contribution in [1.29, 1.82) is 0 Å². The monoisotopic (exact) mass is 419 g/mol. The van der Waals surface area contributed by atoms with Crippen molar-refractivity contribution in [2.75, 3.05) is 0 Å². The van der Waals surface area contributed by atoms with Gasteiger partial charge in [-0.25, -0.2) is 0 Å². The summed E-state index contributed by atoms with van der Waals surface area (Å²) in [4.78, 5) is 9.35. The molecule has 0 saturated carbocycles. The normalized spacial score (nSPS) is 14.1. The van der Waals surface area contributed by atoms with Gasteiger partial charge in [-0.1, -0.05) is 44.5 Å². The van der Waals surface area contributed by atoms with Crippen molar-refractivity contribution in [2.24, 2.45) is 11.7 Å². The summed E-state index contributed by atoms with van der Waals surface area (Å²) in [5, 5.41) is 8.41. The smallest absolute Gasteiger partial charge is 0.320 e. The van der Waals surface area contributed by atoms with E-state index in [2.05, 4.69) is 0 Å². The van der Waals surface area contributed by atoms with E-state index in [1.807, 2.05) is 13.8 Å². The lowest BCUT2D eigenvalue weighted by Gasteiger charge is -2.11. The van der Waals surface area contributed by atoms with Crippen LogP contribution in [0, 0.1) is 5.92 Å². The van der Waals surface area contributed by atoms with Crippen LogP contribution in [0.3, 0.4) is 0 Å². The molecular formula is C16H21NO8S2. The van der Waals surface area contributed by atoms with Gasteiger partial charge in [-0.15, -0.1) is 0 Å². The number of fused-ring (bicyclic) bond motifs is 1. The Balaban J connectivity index is 0.000000345. The first kappa shape index (κ1) is 23.0. The maximum absolute atomic E-state index is 11.2. The molecule has 2 aromatic rings. The predicted molar refractivity (Wildman–Crippen MR) is 98.6 cm³/mol. The zero-order valence-corrected chi connectivity index (χ0v) is 16.2. The minimum atomic E-state index is -4.47. The SMILES string of the molecule is CC[C@H](C)[C@H](N)C(=O)O.O=S(=O)(O)c1cccc2c(S(=O)(=O)O)cccc12. The first-order valence-electron chi connectivity index (χ1n) is 7.75. The minimum Gasteiger partial charge on any atom is -0.480 e. The third-order valence-corrected chi connectivity index (χ3v) is 5.76. The zero-order chi connectivity index (χ0) is 21.0. The molecule has 2 atom stereocenters. The lowest BCUT2D eigenvalue weighted by atomic mass is 10.0. The Labute approximate surface area is 157 Å². The first-order chi connectivity index (χ1) is 12.3. The Kier molecular flexibility index (Phi) is 7.46. The van der Waals surface area contributed by atoms with Crippen LogP contribution in [-0.2, 0) is 25.0 Å². The minimum absolute atomic E-state index is 0.0233. The van der Waals surface area contributed by atoms with E-state index in [-0.39, 0.29) is 16.7 Å². The van der Waals surface area contributed by atoms with Gasteiger partial charge in [0.15, 0.2) is 0 Å². The second kappa shape index (κ2) is 8.76. The molecule has 0 heterocycles. The van der Waals surface area contributed by atoms with E-state index in [0.717, 1.165) is 18.6 Å². The van der Waals surface area contributed by atoms with Gasteiger partial charge in [0.1, 0.15) is 15.8 Å². The summed E-state index contributed by atoms with van der Waals surface area (Å²) in [7, 11) is -8.94. The molecule has 0 saturated heterocycles. The molecule has 150 valence electrons. The maximum Gasteiger partial charge on any atom is 0.320 e. The van der Waals surface area contributed by atoms with Crippen LogP contribution in [-0.4, -0.2) is 43.1 Å².